The molecule has 0 amide bonds. The van der Waals surface area contributed by atoms with Crippen molar-refractivity contribution in [2.75, 3.05) is 7.11 Å². The van der Waals surface area contributed by atoms with Gasteiger partial charge in [-0.15, -0.1) is 0 Å². The van der Waals surface area contributed by atoms with Crippen LogP contribution in [0.1, 0.15) is 16.7 Å². The molecule has 2 aromatic rings. The van der Waals surface area contributed by atoms with E-state index in [9.17, 15) is 10.1 Å². The standard InChI is InChI=1S/C17H14N2O4/c1-22-17-10-13(8-9-19(20)21)6-7-16(17)23-12-15-5-3-2-4-14(15)11-18/h2-10H,12H2,1H3/b9-8+. The highest BCUT2D eigenvalue weighted by molar-refractivity contribution is 5.55. The lowest BCUT2D eigenvalue weighted by atomic mass is 10.1. The molecular formula is C17H14N2O4. The van der Waals surface area contributed by atoms with Crippen molar-refractivity contribution in [3.05, 3.63) is 75.5 Å². The van der Waals surface area contributed by atoms with Gasteiger partial charge in [-0.3, -0.25) is 10.1 Å². The zero-order valence-corrected chi connectivity index (χ0v) is 12.4. The summed E-state index contributed by atoms with van der Waals surface area (Å²) in [5, 5.41) is 19.4. The lowest BCUT2D eigenvalue weighted by Gasteiger charge is -2.12. The second-order valence-corrected chi connectivity index (χ2v) is 4.57. The van der Waals surface area contributed by atoms with Gasteiger partial charge >= 0.3 is 0 Å². The van der Waals surface area contributed by atoms with E-state index in [-0.39, 0.29) is 6.61 Å². The molecule has 0 aliphatic heterocycles. The molecule has 0 atom stereocenters. The predicted octanol–water partition coefficient (Wildman–Crippen LogP) is 3.39. The molecule has 116 valence electrons. The van der Waals surface area contributed by atoms with Gasteiger partial charge in [0.2, 0.25) is 6.20 Å². The molecule has 0 aromatic heterocycles. The van der Waals surface area contributed by atoms with Gasteiger partial charge in [0.1, 0.15) is 6.61 Å². The van der Waals surface area contributed by atoms with Crippen molar-refractivity contribution in [3.8, 4) is 17.6 Å². The van der Waals surface area contributed by atoms with E-state index in [1.807, 2.05) is 12.1 Å². The van der Waals surface area contributed by atoms with Crippen molar-refractivity contribution in [1.82, 2.24) is 0 Å². The molecule has 6 nitrogen and oxygen atoms in total. The maximum atomic E-state index is 10.4. The summed E-state index contributed by atoms with van der Waals surface area (Å²) in [6.07, 6.45) is 2.23. The Morgan fingerprint density at radius 2 is 2.04 bits per heavy atom. The van der Waals surface area contributed by atoms with Gasteiger partial charge in [-0.1, -0.05) is 24.3 Å². The van der Waals surface area contributed by atoms with Crippen LogP contribution in [0, 0.1) is 21.4 Å². The van der Waals surface area contributed by atoms with E-state index in [0.29, 0.717) is 22.6 Å². The SMILES string of the molecule is COc1cc(/C=C/[N+](=O)[O-])ccc1OCc1ccccc1C#N. The van der Waals surface area contributed by atoms with E-state index in [4.69, 9.17) is 14.7 Å². The van der Waals surface area contributed by atoms with Crippen LogP contribution in [0.4, 0.5) is 0 Å². The van der Waals surface area contributed by atoms with Crippen molar-refractivity contribution in [3.63, 3.8) is 0 Å². The van der Waals surface area contributed by atoms with Gasteiger partial charge in [-0.25, -0.2) is 0 Å². The first-order valence-electron chi connectivity index (χ1n) is 6.74. The predicted molar refractivity (Wildman–Crippen MR) is 84.5 cm³/mol. The van der Waals surface area contributed by atoms with Crippen molar-refractivity contribution in [2.24, 2.45) is 0 Å². The van der Waals surface area contributed by atoms with Crippen LogP contribution in [0.2, 0.25) is 0 Å². The largest absolute Gasteiger partial charge is 0.493 e. The van der Waals surface area contributed by atoms with E-state index >= 15 is 0 Å². The lowest BCUT2D eigenvalue weighted by Crippen LogP contribution is -2.00. The molecule has 23 heavy (non-hydrogen) atoms. The van der Waals surface area contributed by atoms with Gasteiger partial charge < -0.3 is 9.47 Å². The summed E-state index contributed by atoms with van der Waals surface area (Å²) in [5.74, 6) is 0.962. The summed E-state index contributed by atoms with van der Waals surface area (Å²) in [7, 11) is 1.49. The van der Waals surface area contributed by atoms with Crippen LogP contribution in [0.3, 0.4) is 0 Å². The second-order valence-electron chi connectivity index (χ2n) is 4.57. The van der Waals surface area contributed by atoms with Crippen molar-refractivity contribution in [2.45, 2.75) is 6.61 Å². The summed E-state index contributed by atoms with van der Waals surface area (Å²) in [5.41, 5.74) is 1.95. The Balaban J connectivity index is 2.17. The lowest BCUT2D eigenvalue weighted by molar-refractivity contribution is -0.400. The Bertz CT molecular complexity index is 778. The van der Waals surface area contributed by atoms with Crippen LogP contribution in [0.25, 0.3) is 6.08 Å². The van der Waals surface area contributed by atoms with E-state index in [1.54, 1.807) is 30.3 Å². The molecule has 0 N–H and O–H groups in total. The Morgan fingerprint density at radius 3 is 2.74 bits per heavy atom. The summed E-state index contributed by atoms with van der Waals surface area (Å²) in [6.45, 7) is 0.226. The number of ether oxygens (including phenoxy) is 2. The molecule has 2 aromatic carbocycles. The molecule has 0 aliphatic rings. The Labute approximate surface area is 133 Å². The first kappa shape index (κ1) is 16.0. The summed E-state index contributed by atoms with van der Waals surface area (Å²) >= 11 is 0. The van der Waals surface area contributed by atoms with Crippen LogP contribution in [0.15, 0.2) is 48.7 Å². The number of hydrogen-bond acceptors (Lipinski definition) is 5. The molecule has 0 unspecified atom stereocenters. The van der Waals surface area contributed by atoms with Gasteiger partial charge in [0.05, 0.1) is 23.7 Å². The molecular weight excluding hydrogens is 296 g/mol. The third-order valence-electron chi connectivity index (χ3n) is 3.10. The Morgan fingerprint density at radius 1 is 1.26 bits per heavy atom. The molecule has 0 fully saturated rings. The highest BCUT2D eigenvalue weighted by Gasteiger charge is 2.07. The van der Waals surface area contributed by atoms with Gasteiger partial charge in [-0.2, -0.15) is 5.26 Å². The summed E-state index contributed by atoms with van der Waals surface area (Å²) < 4.78 is 10.9. The van der Waals surface area contributed by atoms with Crippen LogP contribution < -0.4 is 9.47 Å². The van der Waals surface area contributed by atoms with Crippen LogP contribution in [-0.4, -0.2) is 12.0 Å². The van der Waals surface area contributed by atoms with Gasteiger partial charge in [0.25, 0.3) is 0 Å². The number of nitro groups is 1. The number of nitriles is 1. The maximum Gasteiger partial charge on any atom is 0.235 e. The molecule has 0 saturated heterocycles. The van der Waals surface area contributed by atoms with E-state index in [2.05, 4.69) is 6.07 Å². The van der Waals surface area contributed by atoms with Crippen molar-refractivity contribution in [1.29, 1.82) is 5.26 Å². The van der Waals surface area contributed by atoms with Crippen LogP contribution in [-0.2, 0) is 6.61 Å². The quantitative estimate of drug-likeness (QED) is 0.603. The summed E-state index contributed by atoms with van der Waals surface area (Å²) in [4.78, 5) is 9.82. The zero-order chi connectivity index (χ0) is 16.7. The van der Waals surface area contributed by atoms with E-state index in [0.717, 1.165) is 11.8 Å². The highest BCUT2D eigenvalue weighted by atomic mass is 16.6. The van der Waals surface area contributed by atoms with Crippen molar-refractivity contribution < 1.29 is 14.4 Å². The average Bonchev–Trinajstić information content (AvgIpc) is 2.58. The molecule has 0 aliphatic carbocycles. The van der Waals surface area contributed by atoms with Crippen molar-refractivity contribution >= 4 is 6.08 Å². The van der Waals surface area contributed by atoms with Gasteiger partial charge in [-0.05, 0) is 23.8 Å². The number of nitrogens with zero attached hydrogens (tertiary/aromatic N) is 2. The maximum absolute atomic E-state index is 10.4. The minimum atomic E-state index is -0.532. The van der Waals surface area contributed by atoms with E-state index < -0.39 is 4.92 Å². The molecule has 0 spiro atoms. The third-order valence-corrected chi connectivity index (χ3v) is 3.10. The summed E-state index contributed by atoms with van der Waals surface area (Å²) in [6, 6.07) is 14.3. The normalized spacial score (nSPS) is 10.3. The molecule has 0 bridgehead atoms. The number of methoxy groups -OCH3 is 1. The van der Waals surface area contributed by atoms with Gasteiger partial charge in [0, 0.05) is 11.6 Å². The first-order valence-corrected chi connectivity index (χ1v) is 6.74. The highest BCUT2D eigenvalue weighted by Crippen LogP contribution is 2.29. The number of rotatable bonds is 6. The topological polar surface area (TPSA) is 85.4 Å². The molecule has 0 heterocycles. The van der Waals surface area contributed by atoms with Crippen LogP contribution >= 0.6 is 0 Å². The number of benzene rings is 2. The molecule has 2 rings (SSSR count). The monoisotopic (exact) mass is 310 g/mol. The molecule has 6 heteroatoms. The fraction of sp³-hybridized carbons (Fsp3) is 0.118. The van der Waals surface area contributed by atoms with Gasteiger partial charge in [0.15, 0.2) is 11.5 Å². The number of hydrogen-bond donors (Lipinski definition) is 0. The first-order chi connectivity index (χ1) is 11.1. The van der Waals surface area contributed by atoms with E-state index in [1.165, 1.54) is 13.2 Å². The molecule has 0 saturated carbocycles. The third kappa shape index (κ3) is 4.32. The van der Waals surface area contributed by atoms with Crippen LogP contribution in [0.5, 0.6) is 11.5 Å². The Kier molecular flexibility index (Phi) is 5.31. The fourth-order valence-electron chi connectivity index (χ4n) is 1.96. The zero-order valence-electron chi connectivity index (χ0n) is 12.4. The minimum absolute atomic E-state index is 0.226. The fourth-order valence-corrected chi connectivity index (χ4v) is 1.96. The average molecular weight is 310 g/mol. The Hall–Kier alpha value is -3.33. The second kappa shape index (κ2) is 7.61. The minimum Gasteiger partial charge on any atom is -0.493 e. The smallest absolute Gasteiger partial charge is 0.235 e. The molecule has 0 radical (unpaired) electrons.